The maximum absolute atomic E-state index is 5.90. The van der Waals surface area contributed by atoms with Gasteiger partial charge in [0.2, 0.25) is 0 Å². The van der Waals surface area contributed by atoms with Crippen molar-refractivity contribution in [2.24, 2.45) is 17.6 Å². The minimum absolute atomic E-state index is 0.411. The van der Waals surface area contributed by atoms with Gasteiger partial charge in [0.1, 0.15) is 0 Å². The SMILES string of the molecule is CC(C)CC[C@@H]1CNC[C@@H]1N. The van der Waals surface area contributed by atoms with Crippen LogP contribution in [0.15, 0.2) is 0 Å². The van der Waals surface area contributed by atoms with Crippen molar-refractivity contribution in [3.63, 3.8) is 0 Å². The van der Waals surface area contributed by atoms with E-state index in [-0.39, 0.29) is 0 Å². The molecule has 2 atom stereocenters. The van der Waals surface area contributed by atoms with E-state index < -0.39 is 0 Å². The highest BCUT2D eigenvalue weighted by molar-refractivity contribution is 4.83. The predicted molar refractivity (Wildman–Crippen MR) is 48.4 cm³/mol. The zero-order valence-corrected chi connectivity index (χ0v) is 7.64. The van der Waals surface area contributed by atoms with Crippen LogP contribution >= 0.6 is 0 Å². The third kappa shape index (κ3) is 2.80. The molecule has 2 nitrogen and oxygen atoms in total. The Labute approximate surface area is 69.5 Å². The first-order chi connectivity index (χ1) is 5.20. The van der Waals surface area contributed by atoms with Crippen LogP contribution < -0.4 is 11.1 Å². The average molecular weight is 156 g/mol. The van der Waals surface area contributed by atoms with Crippen molar-refractivity contribution in [1.29, 1.82) is 0 Å². The van der Waals surface area contributed by atoms with Crippen LogP contribution in [0.1, 0.15) is 26.7 Å². The fourth-order valence-electron chi connectivity index (χ4n) is 1.62. The van der Waals surface area contributed by atoms with Crippen molar-refractivity contribution in [1.82, 2.24) is 5.32 Å². The summed E-state index contributed by atoms with van der Waals surface area (Å²) in [5, 5.41) is 3.32. The summed E-state index contributed by atoms with van der Waals surface area (Å²) < 4.78 is 0. The number of nitrogens with two attached hydrogens (primary N) is 1. The molecule has 11 heavy (non-hydrogen) atoms. The van der Waals surface area contributed by atoms with Crippen LogP contribution in [0.25, 0.3) is 0 Å². The molecule has 1 saturated heterocycles. The molecule has 0 aromatic rings. The van der Waals surface area contributed by atoms with E-state index in [2.05, 4.69) is 19.2 Å². The lowest BCUT2D eigenvalue weighted by Gasteiger charge is -2.14. The zero-order chi connectivity index (χ0) is 8.27. The average Bonchev–Trinajstić information content (AvgIpc) is 2.31. The molecule has 1 rings (SSSR count). The molecule has 0 radical (unpaired) electrons. The van der Waals surface area contributed by atoms with Crippen LogP contribution in [0.3, 0.4) is 0 Å². The highest BCUT2D eigenvalue weighted by Crippen LogP contribution is 2.16. The molecule has 0 saturated carbocycles. The van der Waals surface area contributed by atoms with E-state index in [4.69, 9.17) is 5.73 Å². The lowest BCUT2D eigenvalue weighted by atomic mass is 9.94. The Morgan fingerprint density at radius 3 is 2.64 bits per heavy atom. The Morgan fingerprint density at radius 2 is 2.18 bits per heavy atom. The first-order valence-corrected chi connectivity index (χ1v) is 4.66. The van der Waals surface area contributed by atoms with Crippen molar-refractivity contribution in [2.45, 2.75) is 32.7 Å². The van der Waals surface area contributed by atoms with Gasteiger partial charge in [0.25, 0.3) is 0 Å². The van der Waals surface area contributed by atoms with Gasteiger partial charge in [-0.3, -0.25) is 0 Å². The number of hydrogen-bond donors (Lipinski definition) is 2. The summed E-state index contributed by atoms with van der Waals surface area (Å²) in [6.45, 7) is 6.69. The minimum Gasteiger partial charge on any atom is -0.326 e. The molecule has 0 aromatic heterocycles. The highest BCUT2D eigenvalue weighted by Gasteiger charge is 2.22. The monoisotopic (exact) mass is 156 g/mol. The molecule has 1 fully saturated rings. The van der Waals surface area contributed by atoms with Gasteiger partial charge in [-0.15, -0.1) is 0 Å². The zero-order valence-electron chi connectivity index (χ0n) is 7.64. The Bertz CT molecular complexity index is 112. The molecule has 0 amide bonds. The van der Waals surface area contributed by atoms with Crippen molar-refractivity contribution in [2.75, 3.05) is 13.1 Å². The summed E-state index contributed by atoms with van der Waals surface area (Å²) in [6, 6.07) is 0.411. The number of hydrogen-bond acceptors (Lipinski definition) is 2. The summed E-state index contributed by atoms with van der Waals surface area (Å²) in [7, 11) is 0. The van der Waals surface area contributed by atoms with E-state index >= 15 is 0 Å². The summed E-state index contributed by atoms with van der Waals surface area (Å²) in [5.41, 5.74) is 5.90. The first kappa shape index (κ1) is 9.01. The van der Waals surface area contributed by atoms with Gasteiger partial charge < -0.3 is 11.1 Å². The van der Waals surface area contributed by atoms with Crippen LogP contribution in [-0.2, 0) is 0 Å². The van der Waals surface area contributed by atoms with Gasteiger partial charge in [0.15, 0.2) is 0 Å². The maximum Gasteiger partial charge on any atom is 0.0206 e. The number of rotatable bonds is 3. The Kier molecular flexibility index (Phi) is 3.34. The summed E-state index contributed by atoms with van der Waals surface area (Å²) in [6.07, 6.45) is 2.62. The third-order valence-corrected chi connectivity index (χ3v) is 2.51. The molecule has 66 valence electrons. The third-order valence-electron chi connectivity index (χ3n) is 2.51. The molecule has 1 aliphatic rings. The van der Waals surface area contributed by atoms with Gasteiger partial charge in [-0.1, -0.05) is 20.3 Å². The molecule has 1 aliphatic heterocycles. The van der Waals surface area contributed by atoms with Crippen LogP contribution in [-0.4, -0.2) is 19.1 Å². The number of nitrogens with one attached hydrogen (secondary N) is 1. The molecule has 0 unspecified atom stereocenters. The quantitative estimate of drug-likeness (QED) is 0.639. The summed E-state index contributed by atoms with van der Waals surface area (Å²) >= 11 is 0. The van der Waals surface area contributed by atoms with Gasteiger partial charge in [0, 0.05) is 12.6 Å². The van der Waals surface area contributed by atoms with Gasteiger partial charge in [0.05, 0.1) is 0 Å². The summed E-state index contributed by atoms with van der Waals surface area (Å²) in [4.78, 5) is 0. The van der Waals surface area contributed by atoms with E-state index in [1.807, 2.05) is 0 Å². The molecule has 0 bridgehead atoms. The van der Waals surface area contributed by atoms with Crippen molar-refractivity contribution in [3.05, 3.63) is 0 Å². The lowest BCUT2D eigenvalue weighted by Crippen LogP contribution is -2.29. The summed E-state index contributed by atoms with van der Waals surface area (Å²) in [5.74, 6) is 1.56. The van der Waals surface area contributed by atoms with E-state index in [1.54, 1.807) is 0 Å². The van der Waals surface area contributed by atoms with Crippen molar-refractivity contribution < 1.29 is 0 Å². The highest BCUT2D eigenvalue weighted by atomic mass is 15.0. The second-order valence-corrected chi connectivity index (χ2v) is 4.05. The molecule has 2 heteroatoms. The molecule has 0 spiro atoms. The minimum atomic E-state index is 0.411. The largest absolute Gasteiger partial charge is 0.326 e. The second-order valence-electron chi connectivity index (χ2n) is 4.05. The van der Waals surface area contributed by atoms with Crippen LogP contribution in [0.2, 0.25) is 0 Å². The molecule has 3 N–H and O–H groups in total. The molecule has 0 aliphatic carbocycles. The van der Waals surface area contributed by atoms with Crippen molar-refractivity contribution >= 4 is 0 Å². The van der Waals surface area contributed by atoms with Crippen LogP contribution in [0.5, 0.6) is 0 Å². The Hall–Kier alpha value is -0.0800. The molecular formula is C9H20N2. The second kappa shape index (κ2) is 4.07. The predicted octanol–water partition coefficient (Wildman–Crippen LogP) is 0.969. The normalized spacial score (nSPS) is 31.6. The Balaban J connectivity index is 2.15. The standard InChI is InChI=1S/C9H20N2/c1-7(2)3-4-8-5-11-6-9(8)10/h7-9,11H,3-6,10H2,1-2H3/t8-,9+/m1/s1. The van der Waals surface area contributed by atoms with Crippen LogP contribution in [0, 0.1) is 11.8 Å². The van der Waals surface area contributed by atoms with E-state index in [0.29, 0.717) is 6.04 Å². The van der Waals surface area contributed by atoms with E-state index in [9.17, 15) is 0 Å². The maximum atomic E-state index is 5.90. The molecular weight excluding hydrogens is 136 g/mol. The topological polar surface area (TPSA) is 38.0 Å². The van der Waals surface area contributed by atoms with Gasteiger partial charge >= 0.3 is 0 Å². The van der Waals surface area contributed by atoms with Gasteiger partial charge in [-0.05, 0) is 24.8 Å². The van der Waals surface area contributed by atoms with E-state index in [0.717, 1.165) is 24.9 Å². The first-order valence-electron chi connectivity index (χ1n) is 4.66. The smallest absolute Gasteiger partial charge is 0.0206 e. The fourth-order valence-corrected chi connectivity index (χ4v) is 1.62. The van der Waals surface area contributed by atoms with Crippen molar-refractivity contribution in [3.8, 4) is 0 Å². The Morgan fingerprint density at radius 1 is 1.45 bits per heavy atom. The fraction of sp³-hybridized carbons (Fsp3) is 1.00. The van der Waals surface area contributed by atoms with Gasteiger partial charge in [-0.2, -0.15) is 0 Å². The molecule has 0 aromatic carbocycles. The van der Waals surface area contributed by atoms with Gasteiger partial charge in [-0.25, -0.2) is 0 Å². The van der Waals surface area contributed by atoms with Crippen LogP contribution in [0.4, 0.5) is 0 Å². The molecule has 1 heterocycles. The lowest BCUT2D eigenvalue weighted by molar-refractivity contribution is 0.418. The van der Waals surface area contributed by atoms with E-state index in [1.165, 1.54) is 12.8 Å².